The van der Waals surface area contributed by atoms with E-state index in [4.69, 9.17) is 9.52 Å². The van der Waals surface area contributed by atoms with Crippen molar-refractivity contribution in [3.63, 3.8) is 0 Å². The molecule has 24 heavy (non-hydrogen) atoms. The number of carbonyl (C=O) groups excluding carboxylic acids is 3. The maximum absolute atomic E-state index is 11.7. The number of amides is 3. The number of furan rings is 1. The minimum absolute atomic E-state index is 0.00253. The fraction of sp³-hybridized carbons (Fsp3) is 0.467. The van der Waals surface area contributed by atoms with Gasteiger partial charge in [0.15, 0.2) is 0 Å². The molecule has 4 N–H and O–H groups in total. The van der Waals surface area contributed by atoms with Gasteiger partial charge in [-0.25, -0.2) is 4.79 Å². The van der Waals surface area contributed by atoms with Crippen LogP contribution in [0.25, 0.3) is 0 Å². The van der Waals surface area contributed by atoms with E-state index in [9.17, 15) is 19.2 Å². The van der Waals surface area contributed by atoms with E-state index in [1.165, 1.54) is 19.9 Å². The highest BCUT2D eigenvalue weighted by Crippen LogP contribution is 2.14. The zero-order valence-electron chi connectivity index (χ0n) is 13.6. The zero-order valence-corrected chi connectivity index (χ0v) is 13.6. The molecular weight excluding hydrogens is 318 g/mol. The molecule has 0 saturated heterocycles. The number of carboxylic acids is 1. The molecule has 1 heterocycles. The van der Waals surface area contributed by atoms with E-state index in [0.29, 0.717) is 18.8 Å². The quantitative estimate of drug-likeness (QED) is 0.465. The summed E-state index contributed by atoms with van der Waals surface area (Å²) >= 11 is 0. The smallest absolute Gasteiger partial charge is 0.339 e. The van der Waals surface area contributed by atoms with E-state index < -0.39 is 5.97 Å². The van der Waals surface area contributed by atoms with E-state index >= 15 is 0 Å². The van der Waals surface area contributed by atoms with Crippen LogP contribution in [0.1, 0.15) is 41.6 Å². The standard InChI is InChI=1S/C15H21N3O6/c1-9-12(15(22)23)7-11(24-9)8-18-14(21)4-3-13(20)17-6-5-16-10(2)19/h7H,3-6,8H2,1-2H3,(H,16,19)(H,17,20)(H,18,21)(H,22,23). The van der Waals surface area contributed by atoms with Gasteiger partial charge < -0.3 is 25.5 Å². The maximum Gasteiger partial charge on any atom is 0.339 e. The third-order valence-electron chi connectivity index (χ3n) is 3.06. The van der Waals surface area contributed by atoms with Crippen LogP contribution in [0, 0.1) is 6.92 Å². The SMILES string of the molecule is CC(=O)NCCNC(=O)CCC(=O)NCc1cc(C(=O)O)c(C)o1. The van der Waals surface area contributed by atoms with Crippen LogP contribution in [0.4, 0.5) is 0 Å². The Morgan fingerprint density at radius 1 is 1.04 bits per heavy atom. The van der Waals surface area contributed by atoms with E-state index in [1.54, 1.807) is 0 Å². The first-order chi connectivity index (χ1) is 11.3. The maximum atomic E-state index is 11.7. The Kier molecular flexibility index (Phi) is 7.47. The summed E-state index contributed by atoms with van der Waals surface area (Å²) in [7, 11) is 0. The lowest BCUT2D eigenvalue weighted by molar-refractivity contribution is -0.126. The average molecular weight is 339 g/mol. The van der Waals surface area contributed by atoms with E-state index in [2.05, 4.69) is 16.0 Å². The Morgan fingerprint density at radius 3 is 2.17 bits per heavy atom. The van der Waals surface area contributed by atoms with Gasteiger partial charge >= 0.3 is 5.97 Å². The third kappa shape index (κ3) is 6.95. The lowest BCUT2D eigenvalue weighted by Gasteiger charge is -2.06. The summed E-state index contributed by atoms with van der Waals surface area (Å²) in [4.78, 5) is 44.7. The average Bonchev–Trinajstić information content (AvgIpc) is 2.88. The van der Waals surface area contributed by atoms with Crippen molar-refractivity contribution in [3.05, 3.63) is 23.2 Å². The van der Waals surface area contributed by atoms with Gasteiger partial charge in [-0.15, -0.1) is 0 Å². The minimum atomic E-state index is -1.09. The molecule has 1 rings (SSSR count). The molecule has 0 aliphatic heterocycles. The molecule has 0 fully saturated rings. The fourth-order valence-electron chi connectivity index (χ4n) is 1.87. The second-order valence-corrected chi connectivity index (χ2v) is 5.10. The number of nitrogens with one attached hydrogen (secondary N) is 3. The van der Waals surface area contributed by atoms with Crippen molar-refractivity contribution in [1.29, 1.82) is 0 Å². The van der Waals surface area contributed by atoms with Crippen molar-refractivity contribution in [2.45, 2.75) is 33.2 Å². The normalized spacial score (nSPS) is 10.1. The topological polar surface area (TPSA) is 138 Å². The van der Waals surface area contributed by atoms with Crippen LogP contribution in [0.15, 0.2) is 10.5 Å². The first-order valence-corrected chi connectivity index (χ1v) is 7.40. The highest BCUT2D eigenvalue weighted by molar-refractivity contribution is 5.89. The summed E-state index contributed by atoms with van der Waals surface area (Å²) in [6.07, 6.45) is 0.0148. The molecule has 0 spiro atoms. The van der Waals surface area contributed by atoms with Gasteiger partial charge in [0.05, 0.1) is 6.54 Å². The van der Waals surface area contributed by atoms with Gasteiger partial charge in [0.25, 0.3) is 0 Å². The monoisotopic (exact) mass is 339 g/mol. The molecule has 9 heteroatoms. The largest absolute Gasteiger partial charge is 0.478 e. The van der Waals surface area contributed by atoms with Crippen LogP contribution in [-0.2, 0) is 20.9 Å². The van der Waals surface area contributed by atoms with Gasteiger partial charge in [-0.3, -0.25) is 14.4 Å². The number of carbonyl (C=O) groups is 4. The van der Waals surface area contributed by atoms with E-state index in [0.717, 1.165) is 0 Å². The van der Waals surface area contributed by atoms with Crippen molar-refractivity contribution >= 4 is 23.7 Å². The lowest BCUT2D eigenvalue weighted by atomic mass is 10.2. The van der Waals surface area contributed by atoms with Crippen molar-refractivity contribution < 1.29 is 28.7 Å². The van der Waals surface area contributed by atoms with Crippen LogP contribution in [0.3, 0.4) is 0 Å². The molecule has 0 aliphatic carbocycles. The first-order valence-electron chi connectivity index (χ1n) is 7.40. The minimum Gasteiger partial charge on any atom is -0.478 e. The summed E-state index contributed by atoms with van der Waals surface area (Å²) in [5.74, 6) is -1.31. The summed E-state index contributed by atoms with van der Waals surface area (Å²) in [5, 5.41) is 16.6. The summed E-state index contributed by atoms with van der Waals surface area (Å²) < 4.78 is 5.23. The Labute approximate surface area is 138 Å². The number of aryl methyl sites for hydroxylation is 1. The third-order valence-corrected chi connectivity index (χ3v) is 3.06. The van der Waals surface area contributed by atoms with Gasteiger partial charge in [-0.05, 0) is 13.0 Å². The number of carboxylic acid groups (broad SMARTS) is 1. The molecule has 132 valence electrons. The van der Waals surface area contributed by atoms with Gasteiger partial charge in [-0.1, -0.05) is 0 Å². The van der Waals surface area contributed by atoms with Crippen molar-refractivity contribution in [3.8, 4) is 0 Å². The van der Waals surface area contributed by atoms with E-state index in [-0.39, 0.29) is 48.4 Å². The molecule has 0 radical (unpaired) electrons. The Hall–Kier alpha value is -2.84. The van der Waals surface area contributed by atoms with Crippen LogP contribution < -0.4 is 16.0 Å². The second kappa shape index (κ2) is 9.33. The van der Waals surface area contributed by atoms with Crippen molar-refractivity contribution in [1.82, 2.24) is 16.0 Å². The lowest BCUT2D eigenvalue weighted by Crippen LogP contribution is -2.34. The van der Waals surface area contributed by atoms with Crippen molar-refractivity contribution in [2.75, 3.05) is 13.1 Å². The number of hydrogen-bond donors (Lipinski definition) is 4. The molecule has 9 nitrogen and oxygen atoms in total. The molecule has 0 bridgehead atoms. The molecule has 0 aliphatic rings. The summed E-state index contributed by atoms with van der Waals surface area (Å²) in [5.41, 5.74) is 0.0535. The molecule has 0 unspecified atom stereocenters. The molecular formula is C15H21N3O6. The Morgan fingerprint density at radius 2 is 1.62 bits per heavy atom. The van der Waals surface area contributed by atoms with Gasteiger partial charge in [-0.2, -0.15) is 0 Å². The number of aromatic carboxylic acids is 1. The summed E-state index contributed by atoms with van der Waals surface area (Å²) in [6, 6.07) is 1.35. The van der Waals surface area contributed by atoms with Crippen molar-refractivity contribution in [2.24, 2.45) is 0 Å². The van der Waals surface area contributed by atoms with Crippen LogP contribution in [0.5, 0.6) is 0 Å². The first kappa shape index (κ1) is 19.2. The summed E-state index contributed by atoms with van der Waals surface area (Å²) in [6.45, 7) is 3.59. The molecule has 0 aromatic carbocycles. The van der Waals surface area contributed by atoms with Crippen LogP contribution in [-0.4, -0.2) is 41.9 Å². The Balaban J connectivity index is 2.24. The molecule has 3 amide bonds. The van der Waals surface area contributed by atoms with Gasteiger partial charge in [0.2, 0.25) is 17.7 Å². The van der Waals surface area contributed by atoms with Crippen LogP contribution in [0.2, 0.25) is 0 Å². The molecule has 1 aromatic heterocycles. The number of hydrogen-bond acceptors (Lipinski definition) is 5. The molecule has 1 aromatic rings. The molecule has 0 saturated carbocycles. The van der Waals surface area contributed by atoms with Gasteiger partial charge in [0.1, 0.15) is 17.1 Å². The highest BCUT2D eigenvalue weighted by atomic mass is 16.4. The highest BCUT2D eigenvalue weighted by Gasteiger charge is 2.14. The Bertz CT molecular complexity index is 623. The predicted octanol–water partition coefficient (Wildman–Crippen LogP) is -0.0651. The van der Waals surface area contributed by atoms with Gasteiger partial charge in [0, 0.05) is 32.9 Å². The molecule has 0 atom stereocenters. The number of rotatable bonds is 9. The van der Waals surface area contributed by atoms with E-state index in [1.807, 2.05) is 0 Å². The zero-order chi connectivity index (χ0) is 18.1. The van der Waals surface area contributed by atoms with Crippen LogP contribution >= 0.6 is 0 Å². The fourth-order valence-corrected chi connectivity index (χ4v) is 1.87. The second-order valence-electron chi connectivity index (χ2n) is 5.10. The predicted molar refractivity (Wildman–Crippen MR) is 83.2 cm³/mol.